The smallest absolute Gasteiger partial charge is 0.0555 e. The lowest BCUT2D eigenvalue weighted by Crippen LogP contribution is -2.36. The highest BCUT2D eigenvalue weighted by molar-refractivity contribution is 4.74. The van der Waals surface area contributed by atoms with Crippen LogP contribution in [0.25, 0.3) is 0 Å². The Morgan fingerprint density at radius 3 is 2.92 bits per heavy atom. The van der Waals surface area contributed by atoms with Crippen molar-refractivity contribution in [3.63, 3.8) is 0 Å². The van der Waals surface area contributed by atoms with Crippen molar-refractivity contribution in [2.45, 2.75) is 57.6 Å². The molecule has 0 bridgehead atoms. The average molecular weight is 171 g/mol. The number of nitrogens with one attached hydrogen (secondary N) is 1. The summed E-state index contributed by atoms with van der Waals surface area (Å²) in [7, 11) is 0. The van der Waals surface area contributed by atoms with Gasteiger partial charge in [0.2, 0.25) is 0 Å². The first-order chi connectivity index (χ1) is 5.83. The molecule has 0 spiro atoms. The van der Waals surface area contributed by atoms with Crippen molar-refractivity contribution in [3.8, 4) is 0 Å². The molecule has 1 heterocycles. The monoisotopic (exact) mass is 171 g/mol. The van der Waals surface area contributed by atoms with E-state index in [9.17, 15) is 5.11 Å². The zero-order valence-corrected chi connectivity index (χ0v) is 8.05. The van der Waals surface area contributed by atoms with Crippen LogP contribution in [0.2, 0.25) is 0 Å². The molecule has 72 valence electrons. The molecule has 0 saturated carbocycles. The fourth-order valence-electron chi connectivity index (χ4n) is 1.90. The van der Waals surface area contributed by atoms with E-state index in [-0.39, 0.29) is 6.10 Å². The fraction of sp³-hybridized carbons (Fsp3) is 1.00. The maximum absolute atomic E-state index is 9.56. The number of piperidine rings is 1. The van der Waals surface area contributed by atoms with Gasteiger partial charge in [0, 0.05) is 6.04 Å². The van der Waals surface area contributed by atoms with Gasteiger partial charge in [-0.05, 0) is 32.2 Å². The molecule has 2 atom stereocenters. The Kier molecular flexibility index (Phi) is 4.62. The highest BCUT2D eigenvalue weighted by atomic mass is 16.3. The summed E-state index contributed by atoms with van der Waals surface area (Å²) in [4.78, 5) is 0. The molecule has 0 amide bonds. The second-order valence-electron chi connectivity index (χ2n) is 3.83. The normalized spacial score (nSPS) is 27.0. The summed E-state index contributed by atoms with van der Waals surface area (Å²) in [6, 6.07) is 0.584. The van der Waals surface area contributed by atoms with Gasteiger partial charge in [0.25, 0.3) is 0 Å². The first kappa shape index (κ1) is 10.0. The van der Waals surface area contributed by atoms with Crippen LogP contribution in [0, 0.1) is 0 Å². The molecule has 1 saturated heterocycles. The third-order valence-corrected chi connectivity index (χ3v) is 2.59. The summed E-state index contributed by atoms with van der Waals surface area (Å²) in [5, 5.41) is 13.0. The molecular formula is C10H21NO. The van der Waals surface area contributed by atoms with E-state index in [1.54, 1.807) is 0 Å². The van der Waals surface area contributed by atoms with Gasteiger partial charge in [-0.25, -0.2) is 0 Å². The highest BCUT2D eigenvalue weighted by Crippen LogP contribution is 2.13. The number of aliphatic hydroxyl groups is 1. The summed E-state index contributed by atoms with van der Waals surface area (Å²) >= 11 is 0. The minimum atomic E-state index is -0.0781. The molecule has 2 nitrogen and oxygen atoms in total. The predicted octanol–water partition coefficient (Wildman–Crippen LogP) is 1.68. The van der Waals surface area contributed by atoms with Crippen molar-refractivity contribution in [2.75, 3.05) is 6.54 Å². The van der Waals surface area contributed by atoms with Gasteiger partial charge in [-0.2, -0.15) is 0 Å². The van der Waals surface area contributed by atoms with E-state index in [4.69, 9.17) is 0 Å². The molecule has 0 unspecified atom stereocenters. The van der Waals surface area contributed by atoms with Gasteiger partial charge in [-0.3, -0.25) is 0 Å². The van der Waals surface area contributed by atoms with E-state index < -0.39 is 0 Å². The minimum Gasteiger partial charge on any atom is -0.393 e. The molecule has 0 aliphatic carbocycles. The molecule has 0 aromatic heterocycles. The van der Waals surface area contributed by atoms with Gasteiger partial charge in [0.1, 0.15) is 0 Å². The summed E-state index contributed by atoms with van der Waals surface area (Å²) in [6.45, 7) is 3.26. The van der Waals surface area contributed by atoms with Gasteiger partial charge in [-0.15, -0.1) is 0 Å². The Bertz CT molecular complexity index is 110. The van der Waals surface area contributed by atoms with Gasteiger partial charge < -0.3 is 10.4 Å². The first-order valence-corrected chi connectivity index (χ1v) is 5.24. The van der Waals surface area contributed by atoms with E-state index in [0.717, 1.165) is 25.8 Å². The predicted molar refractivity (Wildman–Crippen MR) is 51.2 cm³/mol. The van der Waals surface area contributed by atoms with E-state index in [2.05, 4.69) is 12.2 Å². The molecule has 1 aliphatic rings. The topological polar surface area (TPSA) is 32.3 Å². The standard InChI is InChI=1S/C10H21NO/c1-2-5-10(12)8-9-6-3-4-7-11-9/h9-12H,2-8H2,1H3/t9-,10-/m0/s1. The second-order valence-corrected chi connectivity index (χ2v) is 3.83. The van der Waals surface area contributed by atoms with Crippen LogP contribution in [0.15, 0.2) is 0 Å². The highest BCUT2D eigenvalue weighted by Gasteiger charge is 2.15. The van der Waals surface area contributed by atoms with Gasteiger partial charge in [0.15, 0.2) is 0 Å². The van der Waals surface area contributed by atoms with Gasteiger partial charge >= 0.3 is 0 Å². The molecule has 1 rings (SSSR count). The van der Waals surface area contributed by atoms with Crippen LogP contribution < -0.4 is 5.32 Å². The average Bonchev–Trinajstić information content (AvgIpc) is 2.06. The van der Waals surface area contributed by atoms with Crippen LogP contribution in [-0.2, 0) is 0 Å². The molecule has 1 aliphatic heterocycles. The van der Waals surface area contributed by atoms with Crippen molar-refractivity contribution in [1.82, 2.24) is 5.32 Å². The Balaban J connectivity index is 2.11. The molecule has 0 aromatic rings. The van der Waals surface area contributed by atoms with Crippen LogP contribution >= 0.6 is 0 Å². The first-order valence-electron chi connectivity index (χ1n) is 5.24. The number of rotatable bonds is 4. The molecule has 0 radical (unpaired) electrons. The lowest BCUT2D eigenvalue weighted by Gasteiger charge is -2.25. The fourth-order valence-corrected chi connectivity index (χ4v) is 1.90. The Morgan fingerprint density at radius 2 is 2.33 bits per heavy atom. The molecular weight excluding hydrogens is 150 g/mol. The third kappa shape index (κ3) is 3.55. The Hall–Kier alpha value is -0.0800. The number of aliphatic hydroxyl groups excluding tert-OH is 1. The molecule has 0 aromatic carbocycles. The van der Waals surface area contributed by atoms with E-state index in [1.165, 1.54) is 19.3 Å². The van der Waals surface area contributed by atoms with Crippen molar-refractivity contribution < 1.29 is 5.11 Å². The lowest BCUT2D eigenvalue weighted by atomic mass is 9.98. The van der Waals surface area contributed by atoms with Crippen molar-refractivity contribution in [1.29, 1.82) is 0 Å². The zero-order valence-electron chi connectivity index (χ0n) is 8.05. The van der Waals surface area contributed by atoms with E-state index >= 15 is 0 Å². The van der Waals surface area contributed by atoms with E-state index in [1.807, 2.05) is 0 Å². The summed E-state index contributed by atoms with van der Waals surface area (Å²) < 4.78 is 0. The van der Waals surface area contributed by atoms with Gasteiger partial charge in [-0.1, -0.05) is 19.8 Å². The van der Waals surface area contributed by atoms with Crippen LogP contribution in [0.4, 0.5) is 0 Å². The molecule has 2 heteroatoms. The van der Waals surface area contributed by atoms with Crippen LogP contribution in [0.3, 0.4) is 0 Å². The molecule has 12 heavy (non-hydrogen) atoms. The quantitative estimate of drug-likeness (QED) is 0.674. The van der Waals surface area contributed by atoms with Crippen molar-refractivity contribution >= 4 is 0 Å². The maximum Gasteiger partial charge on any atom is 0.0555 e. The summed E-state index contributed by atoms with van der Waals surface area (Å²) in [5.41, 5.74) is 0. The SMILES string of the molecule is CCC[C@H](O)C[C@@H]1CCCCN1. The van der Waals surface area contributed by atoms with Crippen molar-refractivity contribution in [2.24, 2.45) is 0 Å². The number of hydrogen-bond donors (Lipinski definition) is 2. The summed E-state index contributed by atoms with van der Waals surface area (Å²) in [5.74, 6) is 0. The van der Waals surface area contributed by atoms with Gasteiger partial charge in [0.05, 0.1) is 6.10 Å². The zero-order chi connectivity index (χ0) is 8.81. The number of hydrogen-bond acceptors (Lipinski definition) is 2. The maximum atomic E-state index is 9.56. The Labute approximate surface area is 75.4 Å². The van der Waals surface area contributed by atoms with Crippen LogP contribution in [0.5, 0.6) is 0 Å². The molecule has 2 N–H and O–H groups in total. The van der Waals surface area contributed by atoms with Crippen molar-refractivity contribution in [3.05, 3.63) is 0 Å². The molecule has 1 fully saturated rings. The summed E-state index contributed by atoms with van der Waals surface area (Å²) in [6.07, 6.45) is 6.81. The third-order valence-electron chi connectivity index (χ3n) is 2.59. The lowest BCUT2D eigenvalue weighted by molar-refractivity contribution is 0.133. The Morgan fingerprint density at radius 1 is 1.50 bits per heavy atom. The van der Waals surface area contributed by atoms with Crippen LogP contribution in [0.1, 0.15) is 45.4 Å². The van der Waals surface area contributed by atoms with Crippen LogP contribution in [-0.4, -0.2) is 23.8 Å². The van der Waals surface area contributed by atoms with E-state index in [0.29, 0.717) is 6.04 Å². The minimum absolute atomic E-state index is 0.0781. The largest absolute Gasteiger partial charge is 0.393 e. The second kappa shape index (κ2) is 5.55.